The number of aliphatic imine (C=N–C) groups is 1. The Balaban J connectivity index is 1.62. The monoisotopic (exact) mass is 169 g/mol. The molecule has 0 atom stereocenters. The van der Waals surface area contributed by atoms with Gasteiger partial charge in [-0.3, -0.25) is 4.99 Å². The average molecular weight is 169 g/mol. The first kappa shape index (κ1) is 7.86. The van der Waals surface area contributed by atoms with Crippen LogP contribution in [0.15, 0.2) is 4.99 Å². The van der Waals surface area contributed by atoms with E-state index >= 15 is 0 Å². The van der Waals surface area contributed by atoms with Gasteiger partial charge in [0.2, 0.25) is 0 Å². The van der Waals surface area contributed by atoms with Crippen molar-refractivity contribution in [2.75, 3.05) is 19.6 Å². The molecule has 0 aromatic heterocycles. The van der Waals surface area contributed by atoms with Crippen molar-refractivity contribution in [1.29, 1.82) is 0 Å². The summed E-state index contributed by atoms with van der Waals surface area (Å²) in [5.74, 6) is 1.57. The van der Waals surface area contributed by atoms with E-state index in [0.29, 0.717) is 5.92 Å². The number of nitrogens with one attached hydrogen (secondary N) is 2. The number of nitrogens with zero attached hydrogens (tertiary/aromatic N) is 1. The fourth-order valence-electron chi connectivity index (χ4n) is 1.62. The molecule has 1 saturated carbocycles. The molecule has 1 fully saturated rings. The van der Waals surface area contributed by atoms with Crippen LogP contribution in [-0.2, 0) is 0 Å². The number of hydrogen-bond acceptors (Lipinski definition) is 4. The summed E-state index contributed by atoms with van der Waals surface area (Å²) in [5, 5.41) is 15.4. The summed E-state index contributed by atoms with van der Waals surface area (Å²) in [5.41, 5.74) is 0. The molecule has 4 nitrogen and oxygen atoms in total. The van der Waals surface area contributed by atoms with Crippen LogP contribution in [0.4, 0.5) is 0 Å². The molecule has 4 heteroatoms. The zero-order valence-corrected chi connectivity index (χ0v) is 7.08. The maximum atomic E-state index is 9.04. The molecule has 0 radical (unpaired) electrons. The molecule has 12 heavy (non-hydrogen) atoms. The molecular weight excluding hydrogens is 154 g/mol. The lowest BCUT2D eigenvalue weighted by molar-refractivity contribution is 0.0449. The van der Waals surface area contributed by atoms with Crippen LogP contribution in [0.3, 0.4) is 0 Å². The Morgan fingerprint density at radius 3 is 3.00 bits per heavy atom. The maximum Gasteiger partial charge on any atom is 0.191 e. The second kappa shape index (κ2) is 3.31. The van der Waals surface area contributed by atoms with Crippen LogP contribution in [0.1, 0.15) is 12.8 Å². The Kier molecular flexibility index (Phi) is 2.17. The topological polar surface area (TPSA) is 56.6 Å². The van der Waals surface area contributed by atoms with Crippen molar-refractivity contribution in [2.24, 2.45) is 10.9 Å². The van der Waals surface area contributed by atoms with Crippen molar-refractivity contribution in [3.05, 3.63) is 0 Å². The minimum absolute atomic E-state index is 0.0460. The van der Waals surface area contributed by atoms with Crippen LogP contribution in [-0.4, -0.2) is 36.8 Å². The summed E-state index contributed by atoms with van der Waals surface area (Å²) in [6.45, 7) is 2.79. The standard InChI is InChI=1S/C8H15N3O/c12-7-3-6(4-7)5-11-8-9-1-2-10-8/h6-7,12H,1-5H2,(H2,9,10,11). The third-order valence-electron chi connectivity index (χ3n) is 2.44. The highest BCUT2D eigenvalue weighted by Gasteiger charge is 2.26. The Bertz CT molecular complexity index is 187. The fourth-order valence-corrected chi connectivity index (χ4v) is 1.62. The molecule has 68 valence electrons. The van der Waals surface area contributed by atoms with Crippen LogP contribution < -0.4 is 10.6 Å². The molecule has 2 aliphatic rings. The summed E-state index contributed by atoms with van der Waals surface area (Å²) >= 11 is 0. The predicted octanol–water partition coefficient (Wildman–Crippen LogP) is -0.694. The highest BCUT2D eigenvalue weighted by atomic mass is 16.3. The fraction of sp³-hybridized carbons (Fsp3) is 0.875. The Morgan fingerprint density at radius 2 is 2.42 bits per heavy atom. The highest BCUT2D eigenvalue weighted by Crippen LogP contribution is 2.25. The maximum absolute atomic E-state index is 9.04. The van der Waals surface area contributed by atoms with Gasteiger partial charge in [-0.2, -0.15) is 0 Å². The van der Waals surface area contributed by atoms with E-state index in [1.54, 1.807) is 0 Å². The summed E-state index contributed by atoms with van der Waals surface area (Å²) in [7, 11) is 0. The first-order chi connectivity index (χ1) is 5.84. The van der Waals surface area contributed by atoms with Crippen molar-refractivity contribution in [1.82, 2.24) is 10.6 Å². The smallest absolute Gasteiger partial charge is 0.191 e. The van der Waals surface area contributed by atoms with Crippen LogP contribution >= 0.6 is 0 Å². The lowest BCUT2D eigenvalue weighted by Crippen LogP contribution is -2.41. The molecule has 1 aliphatic heterocycles. The summed E-state index contributed by atoms with van der Waals surface area (Å²) in [6.07, 6.45) is 1.84. The molecule has 0 aromatic rings. The molecule has 0 amide bonds. The summed E-state index contributed by atoms with van der Waals surface area (Å²) in [6, 6.07) is 0. The van der Waals surface area contributed by atoms with Gasteiger partial charge in [-0.25, -0.2) is 0 Å². The van der Waals surface area contributed by atoms with E-state index in [4.69, 9.17) is 5.11 Å². The van der Waals surface area contributed by atoms with Gasteiger partial charge in [-0.05, 0) is 18.8 Å². The van der Waals surface area contributed by atoms with Gasteiger partial charge in [0.05, 0.1) is 12.6 Å². The van der Waals surface area contributed by atoms with Gasteiger partial charge in [0.1, 0.15) is 0 Å². The third-order valence-corrected chi connectivity index (χ3v) is 2.44. The number of aliphatic hydroxyl groups is 1. The van der Waals surface area contributed by atoms with E-state index in [1.165, 1.54) is 0 Å². The molecule has 3 N–H and O–H groups in total. The predicted molar refractivity (Wildman–Crippen MR) is 47.0 cm³/mol. The first-order valence-electron chi connectivity index (χ1n) is 4.55. The van der Waals surface area contributed by atoms with Crippen molar-refractivity contribution < 1.29 is 5.11 Å². The SMILES string of the molecule is OC1CC(CNC2=NCCN2)C1. The largest absolute Gasteiger partial charge is 0.393 e. The van der Waals surface area contributed by atoms with Crippen molar-refractivity contribution in [2.45, 2.75) is 18.9 Å². The number of aliphatic hydroxyl groups excluding tert-OH is 1. The number of guanidine groups is 1. The van der Waals surface area contributed by atoms with Crippen molar-refractivity contribution in [3.8, 4) is 0 Å². The lowest BCUT2D eigenvalue weighted by Gasteiger charge is -2.31. The van der Waals surface area contributed by atoms with Crippen LogP contribution in [0.5, 0.6) is 0 Å². The van der Waals surface area contributed by atoms with E-state index in [1.807, 2.05) is 0 Å². The molecule has 1 aliphatic carbocycles. The summed E-state index contributed by atoms with van der Waals surface area (Å²) in [4.78, 5) is 4.22. The van der Waals surface area contributed by atoms with Gasteiger partial charge >= 0.3 is 0 Å². The van der Waals surface area contributed by atoms with Gasteiger partial charge in [0.25, 0.3) is 0 Å². The van der Waals surface area contributed by atoms with Gasteiger partial charge < -0.3 is 15.7 Å². The second-order valence-corrected chi connectivity index (χ2v) is 3.53. The minimum atomic E-state index is -0.0460. The van der Waals surface area contributed by atoms with E-state index in [2.05, 4.69) is 15.6 Å². The zero-order chi connectivity index (χ0) is 8.39. The molecule has 1 heterocycles. The number of hydrogen-bond donors (Lipinski definition) is 3. The van der Waals surface area contributed by atoms with E-state index < -0.39 is 0 Å². The van der Waals surface area contributed by atoms with E-state index in [0.717, 1.165) is 38.4 Å². The Labute approximate surface area is 72.1 Å². The van der Waals surface area contributed by atoms with E-state index in [-0.39, 0.29) is 6.10 Å². The lowest BCUT2D eigenvalue weighted by atomic mass is 9.82. The van der Waals surface area contributed by atoms with Gasteiger partial charge in [0, 0.05) is 13.1 Å². The second-order valence-electron chi connectivity index (χ2n) is 3.53. The zero-order valence-electron chi connectivity index (χ0n) is 7.08. The molecule has 2 rings (SSSR count). The minimum Gasteiger partial charge on any atom is -0.393 e. The highest BCUT2D eigenvalue weighted by molar-refractivity contribution is 5.81. The summed E-state index contributed by atoms with van der Waals surface area (Å²) < 4.78 is 0. The molecule has 0 saturated heterocycles. The normalized spacial score (nSPS) is 33.6. The molecule has 0 spiro atoms. The van der Waals surface area contributed by atoms with E-state index in [9.17, 15) is 0 Å². The average Bonchev–Trinajstić information content (AvgIpc) is 2.47. The third kappa shape index (κ3) is 1.69. The number of rotatable bonds is 2. The van der Waals surface area contributed by atoms with Crippen molar-refractivity contribution >= 4 is 5.96 Å². The quantitative estimate of drug-likeness (QED) is 0.512. The van der Waals surface area contributed by atoms with Crippen LogP contribution in [0.25, 0.3) is 0 Å². The molecule has 0 aromatic carbocycles. The van der Waals surface area contributed by atoms with Crippen molar-refractivity contribution in [3.63, 3.8) is 0 Å². The van der Waals surface area contributed by atoms with Gasteiger partial charge in [-0.1, -0.05) is 0 Å². The Hall–Kier alpha value is -0.770. The molecule has 0 unspecified atom stereocenters. The van der Waals surface area contributed by atoms with Gasteiger partial charge in [-0.15, -0.1) is 0 Å². The first-order valence-corrected chi connectivity index (χ1v) is 4.55. The van der Waals surface area contributed by atoms with Crippen LogP contribution in [0, 0.1) is 5.92 Å². The van der Waals surface area contributed by atoms with Crippen LogP contribution in [0.2, 0.25) is 0 Å². The molecule has 0 bridgehead atoms. The molecular formula is C8H15N3O. The van der Waals surface area contributed by atoms with Gasteiger partial charge in [0.15, 0.2) is 5.96 Å². The Morgan fingerprint density at radius 1 is 1.58 bits per heavy atom.